The first-order chi connectivity index (χ1) is 12.7. The van der Waals surface area contributed by atoms with Crippen molar-refractivity contribution < 1.29 is 14.1 Å². The van der Waals surface area contributed by atoms with Crippen molar-refractivity contribution in [3.63, 3.8) is 0 Å². The van der Waals surface area contributed by atoms with E-state index in [0.717, 1.165) is 17.0 Å². The molecule has 0 spiro atoms. The van der Waals surface area contributed by atoms with Crippen LogP contribution in [0.15, 0.2) is 53.3 Å². The van der Waals surface area contributed by atoms with Crippen LogP contribution in [-0.4, -0.2) is 34.2 Å². The molecule has 3 heterocycles. The van der Waals surface area contributed by atoms with Gasteiger partial charge < -0.3 is 14.2 Å². The van der Waals surface area contributed by atoms with Gasteiger partial charge in [0.1, 0.15) is 5.75 Å². The smallest absolute Gasteiger partial charge is 0.232 e. The van der Waals surface area contributed by atoms with E-state index in [0.29, 0.717) is 31.3 Å². The lowest BCUT2D eigenvalue weighted by Gasteiger charge is -2.16. The third-order valence-electron chi connectivity index (χ3n) is 4.30. The molecule has 1 amide bonds. The summed E-state index contributed by atoms with van der Waals surface area (Å²) in [7, 11) is 0. The number of hydrogen-bond acceptors (Lipinski definition) is 6. The molecule has 7 heteroatoms. The largest absolute Gasteiger partial charge is 0.494 e. The maximum Gasteiger partial charge on any atom is 0.232 e. The molecule has 1 fully saturated rings. The highest BCUT2D eigenvalue weighted by Crippen LogP contribution is 2.32. The molecule has 1 aromatic carbocycles. The Bertz CT molecular complexity index is 893. The second-order valence-electron chi connectivity index (χ2n) is 6.03. The van der Waals surface area contributed by atoms with Crippen molar-refractivity contribution in [3.8, 4) is 17.1 Å². The predicted octanol–water partition coefficient (Wildman–Crippen LogP) is 3.05. The number of hydrogen-bond donors (Lipinski definition) is 0. The molecule has 0 N–H and O–H groups in total. The Labute approximate surface area is 150 Å². The monoisotopic (exact) mass is 350 g/mol. The minimum Gasteiger partial charge on any atom is -0.494 e. The Hall–Kier alpha value is -3.22. The van der Waals surface area contributed by atoms with E-state index in [4.69, 9.17) is 9.26 Å². The Balaban J connectivity index is 1.50. The van der Waals surface area contributed by atoms with Crippen LogP contribution in [0, 0.1) is 0 Å². The van der Waals surface area contributed by atoms with E-state index < -0.39 is 0 Å². The fourth-order valence-corrected chi connectivity index (χ4v) is 3.02. The van der Waals surface area contributed by atoms with Crippen LogP contribution in [0.5, 0.6) is 5.75 Å². The molecular formula is C19H18N4O3. The van der Waals surface area contributed by atoms with Crippen molar-refractivity contribution in [2.75, 3.05) is 18.1 Å². The molecule has 1 saturated heterocycles. The zero-order valence-electron chi connectivity index (χ0n) is 14.3. The number of carbonyl (C=O) groups excluding carboxylic acids is 1. The molecule has 0 bridgehead atoms. The summed E-state index contributed by atoms with van der Waals surface area (Å²) in [5, 5.41) is 4.01. The van der Waals surface area contributed by atoms with Crippen molar-refractivity contribution in [2.45, 2.75) is 19.3 Å². The van der Waals surface area contributed by atoms with Gasteiger partial charge in [-0.15, -0.1) is 0 Å². The van der Waals surface area contributed by atoms with Gasteiger partial charge in [-0.1, -0.05) is 5.16 Å². The highest BCUT2D eigenvalue weighted by atomic mass is 16.5. The van der Waals surface area contributed by atoms with Crippen LogP contribution in [0.1, 0.15) is 25.2 Å². The van der Waals surface area contributed by atoms with Gasteiger partial charge in [-0.25, -0.2) is 0 Å². The summed E-state index contributed by atoms with van der Waals surface area (Å²) in [4.78, 5) is 22.7. The van der Waals surface area contributed by atoms with Gasteiger partial charge in [0, 0.05) is 36.6 Å². The number of ether oxygens (including phenoxy) is 1. The number of nitrogens with zero attached hydrogens (tertiary/aromatic N) is 4. The van der Waals surface area contributed by atoms with Crippen molar-refractivity contribution in [1.29, 1.82) is 0 Å². The lowest BCUT2D eigenvalue weighted by molar-refractivity contribution is -0.117. The molecule has 0 aliphatic carbocycles. The second-order valence-corrected chi connectivity index (χ2v) is 6.03. The summed E-state index contributed by atoms with van der Waals surface area (Å²) in [6.45, 7) is 3.06. The number of amides is 1. The SMILES string of the molecule is CCOc1ccc(N2C[C@H](c3nc(-c4cccnc4)no3)CC2=O)cc1. The number of aromatic nitrogens is 3. The molecule has 1 atom stereocenters. The standard InChI is InChI=1S/C19H18N4O3/c1-2-25-16-7-5-15(6-8-16)23-12-14(10-17(23)24)19-21-18(22-26-19)13-4-3-9-20-11-13/h3-9,11,14H,2,10,12H2,1H3/t14-/m1/s1. The molecule has 2 aromatic heterocycles. The van der Waals surface area contributed by atoms with Gasteiger partial charge >= 0.3 is 0 Å². The maximum absolute atomic E-state index is 12.4. The third kappa shape index (κ3) is 3.15. The molecule has 26 heavy (non-hydrogen) atoms. The van der Waals surface area contributed by atoms with E-state index in [-0.39, 0.29) is 11.8 Å². The zero-order chi connectivity index (χ0) is 17.9. The molecule has 4 rings (SSSR count). The normalized spacial score (nSPS) is 16.9. The van der Waals surface area contributed by atoms with E-state index in [1.807, 2.05) is 43.3 Å². The Morgan fingerprint density at radius 1 is 1.27 bits per heavy atom. The number of benzene rings is 1. The highest BCUT2D eigenvalue weighted by Gasteiger charge is 2.35. The average Bonchev–Trinajstić information content (AvgIpc) is 3.30. The van der Waals surface area contributed by atoms with Gasteiger partial charge in [0.2, 0.25) is 17.6 Å². The molecule has 7 nitrogen and oxygen atoms in total. The summed E-state index contributed by atoms with van der Waals surface area (Å²) in [6.07, 6.45) is 3.72. The van der Waals surface area contributed by atoms with Crippen molar-refractivity contribution in [3.05, 3.63) is 54.7 Å². The molecule has 0 saturated carbocycles. The Morgan fingerprint density at radius 3 is 2.85 bits per heavy atom. The summed E-state index contributed by atoms with van der Waals surface area (Å²) >= 11 is 0. The minimum absolute atomic E-state index is 0.0419. The second kappa shape index (κ2) is 6.95. The van der Waals surface area contributed by atoms with Crippen molar-refractivity contribution in [1.82, 2.24) is 15.1 Å². The summed E-state index contributed by atoms with van der Waals surface area (Å²) in [5.41, 5.74) is 1.63. The van der Waals surface area contributed by atoms with Gasteiger partial charge in [-0.3, -0.25) is 9.78 Å². The van der Waals surface area contributed by atoms with Crippen LogP contribution >= 0.6 is 0 Å². The third-order valence-corrected chi connectivity index (χ3v) is 4.30. The van der Waals surface area contributed by atoms with Crippen LogP contribution in [0.3, 0.4) is 0 Å². The quantitative estimate of drug-likeness (QED) is 0.703. The Kier molecular flexibility index (Phi) is 4.35. The fraction of sp³-hybridized carbons (Fsp3) is 0.263. The first kappa shape index (κ1) is 16.3. The average molecular weight is 350 g/mol. The first-order valence-corrected chi connectivity index (χ1v) is 8.52. The van der Waals surface area contributed by atoms with Crippen LogP contribution in [0.2, 0.25) is 0 Å². The fourth-order valence-electron chi connectivity index (χ4n) is 3.02. The summed E-state index contributed by atoms with van der Waals surface area (Å²) in [6, 6.07) is 11.2. The number of carbonyl (C=O) groups is 1. The van der Waals surface area contributed by atoms with Gasteiger partial charge in [0.05, 0.1) is 12.5 Å². The molecular weight excluding hydrogens is 332 g/mol. The van der Waals surface area contributed by atoms with Crippen molar-refractivity contribution >= 4 is 11.6 Å². The van der Waals surface area contributed by atoms with E-state index in [2.05, 4.69) is 15.1 Å². The van der Waals surface area contributed by atoms with E-state index >= 15 is 0 Å². The van der Waals surface area contributed by atoms with Crippen LogP contribution in [0.25, 0.3) is 11.4 Å². The van der Waals surface area contributed by atoms with Gasteiger partial charge in [0.15, 0.2) is 0 Å². The molecule has 1 aliphatic heterocycles. The molecule has 3 aromatic rings. The maximum atomic E-state index is 12.4. The number of rotatable bonds is 5. The summed E-state index contributed by atoms with van der Waals surface area (Å²) in [5.74, 6) is 1.68. The molecule has 0 radical (unpaired) electrons. The predicted molar refractivity (Wildman–Crippen MR) is 94.9 cm³/mol. The zero-order valence-corrected chi connectivity index (χ0v) is 14.3. The lowest BCUT2D eigenvalue weighted by atomic mass is 10.1. The first-order valence-electron chi connectivity index (χ1n) is 8.52. The number of anilines is 1. The van der Waals surface area contributed by atoms with Crippen LogP contribution in [-0.2, 0) is 4.79 Å². The molecule has 1 aliphatic rings. The van der Waals surface area contributed by atoms with Crippen molar-refractivity contribution in [2.24, 2.45) is 0 Å². The lowest BCUT2D eigenvalue weighted by Crippen LogP contribution is -2.24. The van der Waals surface area contributed by atoms with Crippen LogP contribution in [0.4, 0.5) is 5.69 Å². The van der Waals surface area contributed by atoms with E-state index in [1.54, 1.807) is 17.3 Å². The van der Waals surface area contributed by atoms with Gasteiger partial charge in [-0.2, -0.15) is 4.98 Å². The van der Waals surface area contributed by atoms with Crippen LogP contribution < -0.4 is 9.64 Å². The minimum atomic E-state index is -0.119. The van der Waals surface area contributed by atoms with E-state index in [1.165, 1.54) is 0 Å². The molecule has 0 unspecified atom stereocenters. The van der Waals surface area contributed by atoms with E-state index in [9.17, 15) is 4.79 Å². The number of pyridine rings is 1. The van der Waals surface area contributed by atoms with Gasteiger partial charge in [0.25, 0.3) is 0 Å². The topological polar surface area (TPSA) is 81.3 Å². The van der Waals surface area contributed by atoms with Gasteiger partial charge in [-0.05, 0) is 43.3 Å². The highest BCUT2D eigenvalue weighted by molar-refractivity contribution is 5.96. The summed E-state index contributed by atoms with van der Waals surface area (Å²) < 4.78 is 10.8. The molecule has 132 valence electrons. The Morgan fingerprint density at radius 2 is 2.12 bits per heavy atom.